The van der Waals surface area contributed by atoms with Gasteiger partial charge in [-0.2, -0.15) is 0 Å². The second-order valence-corrected chi connectivity index (χ2v) is 4.05. The highest BCUT2D eigenvalue weighted by atomic mass is 16.7. The first kappa shape index (κ1) is 11.0. The van der Waals surface area contributed by atoms with Gasteiger partial charge in [-0.1, -0.05) is 12.1 Å². The monoisotopic (exact) mass is 247 g/mol. The van der Waals surface area contributed by atoms with Crippen molar-refractivity contribution < 1.29 is 14.6 Å². The van der Waals surface area contributed by atoms with E-state index in [1.807, 2.05) is 25.1 Å². The van der Waals surface area contributed by atoms with Crippen molar-refractivity contribution in [1.82, 2.24) is 15.0 Å². The molecular weight excluding hydrogens is 234 g/mol. The van der Waals surface area contributed by atoms with Gasteiger partial charge in [-0.25, -0.2) is 4.68 Å². The van der Waals surface area contributed by atoms with Crippen molar-refractivity contribution in [3.8, 4) is 17.2 Å². The smallest absolute Gasteiger partial charge is 0.231 e. The highest BCUT2D eigenvalue weighted by Crippen LogP contribution is 2.33. The topological polar surface area (TPSA) is 69.4 Å². The molecule has 6 nitrogen and oxygen atoms in total. The van der Waals surface area contributed by atoms with Crippen molar-refractivity contribution >= 4 is 0 Å². The first-order valence-corrected chi connectivity index (χ1v) is 5.78. The second kappa shape index (κ2) is 4.30. The number of benzene rings is 1. The maximum absolute atomic E-state index is 9.68. The molecule has 0 radical (unpaired) electrons. The number of aromatic nitrogens is 3. The molecule has 0 bridgehead atoms. The summed E-state index contributed by atoms with van der Waals surface area (Å²) in [5.41, 5.74) is 1.39. The van der Waals surface area contributed by atoms with Gasteiger partial charge >= 0.3 is 0 Å². The van der Waals surface area contributed by atoms with Crippen molar-refractivity contribution in [2.75, 3.05) is 6.79 Å². The number of ether oxygens (including phenoxy) is 2. The largest absolute Gasteiger partial charge is 0.454 e. The Labute approximate surface area is 104 Å². The maximum atomic E-state index is 9.68. The highest BCUT2D eigenvalue weighted by Gasteiger charge is 2.15. The minimum atomic E-state index is -0.576. The summed E-state index contributed by atoms with van der Waals surface area (Å²) in [6.07, 6.45) is 1.75. The van der Waals surface area contributed by atoms with Crippen LogP contribution in [0.2, 0.25) is 0 Å². The summed E-state index contributed by atoms with van der Waals surface area (Å²) in [7, 11) is 0. The standard InChI is InChI=1S/C12H13N3O3/c1-2-10(16)9-6-15(14-13-9)8-3-4-11-12(5-8)18-7-17-11/h3-6,10,16H,2,7H2,1H3. The molecule has 2 aromatic rings. The summed E-state index contributed by atoms with van der Waals surface area (Å²) < 4.78 is 12.2. The van der Waals surface area contributed by atoms with Crippen molar-refractivity contribution in [2.45, 2.75) is 19.4 Å². The van der Waals surface area contributed by atoms with Gasteiger partial charge in [0.05, 0.1) is 18.0 Å². The van der Waals surface area contributed by atoms with E-state index >= 15 is 0 Å². The third kappa shape index (κ3) is 1.80. The van der Waals surface area contributed by atoms with E-state index in [0.29, 0.717) is 17.9 Å². The highest BCUT2D eigenvalue weighted by molar-refractivity contribution is 5.49. The van der Waals surface area contributed by atoms with Crippen LogP contribution in [0.25, 0.3) is 5.69 Å². The molecule has 1 unspecified atom stereocenters. The molecule has 0 spiro atoms. The second-order valence-electron chi connectivity index (χ2n) is 4.05. The lowest BCUT2D eigenvalue weighted by Gasteiger charge is -2.02. The fourth-order valence-corrected chi connectivity index (χ4v) is 1.79. The van der Waals surface area contributed by atoms with Gasteiger partial charge in [0.25, 0.3) is 0 Å². The normalized spacial score (nSPS) is 14.8. The van der Waals surface area contributed by atoms with Crippen molar-refractivity contribution in [1.29, 1.82) is 0 Å². The maximum Gasteiger partial charge on any atom is 0.231 e. The van der Waals surface area contributed by atoms with E-state index in [0.717, 1.165) is 11.4 Å². The predicted molar refractivity (Wildman–Crippen MR) is 62.7 cm³/mol. The summed E-state index contributed by atoms with van der Waals surface area (Å²) in [4.78, 5) is 0. The lowest BCUT2D eigenvalue weighted by molar-refractivity contribution is 0.168. The SMILES string of the molecule is CCC(O)c1cn(-c2ccc3c(c2)OCO3)nn1. The Balaban J connectivity index is 1.92. The number of hydrogen-bond donors (Lipinski definition) is 1. The molecule has 1 aliphatic rings. The minimum Gasteiger partial charge on any atom is -0.454 e. The number of rotatable bonds is 3. The van der Waals surface area contributed by atoms with E-state index in [-0.39, 0.29) is 6.79 Å². The third-order valence-electron chi connectivity index (χ3n) is 2.86. The van der Waals surface area contributed by atoms with E-state index in [4.69, 9.17) is 9.47 Å². The van der Waals surface area contributed by atoms with Gasteiger partial charge in [0.15, 0.2) is 11.5 Å². The van der Waals surface area contributed by atoms with Gasteiger partial charge in [-0.3, -0.25) is 0 Å². The zero-order chi connectivity index (χ0) is 12.5. The van der Waals surface area contributed by atoms with Gasteiger partial charge in [0.1, 0.15) is 5.69 Å². The molecule has 1 aromatic carbocycles. The van der Waals surface area contributed by atoms with E-state index < -0.39 is 6.10 Å². The minimum absolute atomic E-state index is 0.246. The molecule has 1 aliphatic heterocycles. The fourth-order valence-electron chi connectivity index (χ4n) is 1.79. The van der Waals surface area contributed by atoms with Crippen LogP contribution in [0.5, 0.6) is 11.5 Å². The van der Waals surface area contributed by atoms with Gasteiger partial charge in [0.2, 0.25) is 6.79 Å². The van der Waals surface area contributed by atoms with Crippen LogP contribution in [0.3, 0.4) is 0 Å². The van der Waals surface area contributed by atoms with E-state index in [1.165, 1.54) is 0 Å². The molecule has 0 amide bonds. The molecule has 94 valence electrons. The fraction of sp³-hybridized carbons (Fsp3) is 0.333. The summed E-state index contributed by atoms with van der Waals surface area (Å²) >= 11 is 0. The molecule has 3 rings (SSSR count). The van der Waals surface area contributed by atoms with Crippen LogP contribution < -0.4 is 9.47 Å². The average Bonchev–Trinajstić information content (AvgIpc) is 3.05. The van der Waals surface area contributed by atoms with Crippen LogP contribution in [0.4, 0.5) is 0 Å². The lowest BCUT2D eigenvalue weighted by atomic mass is 10.2. The van der Waals surface area contributed by atoms with Crippen LogP contribution in [0.15, 0.2) is 24.4 Å². The molecule has 6 heteroatoms. The Bertz CT molecular complexity index is 567. The van der Waals surface area contributed by atoms with E-state index in [2.05, 4.69) is 10.3 Å². The van der Waals surface area contributed by atoms with Crippen LogP contribution in [0.1, 0.15) is 25.1 Å². The van der Waals surface area contributed by atoms with Crippen molar-refractivity contribution in [2.24, 2.45) is 0 Å². The molecule has 0 fully saturated rings. The lowest BCUT2D eigenvalue weighted by Crippen LogP contribution is -1.95. The quantitative estimate of drug-likeness (QED) is 0.888. The Kier molecular flexibility index (Phi) is 2.64. The predicted octanol–water partition coefficient (Wildman–Crippen LogP) is 1.44. The number of aliphatic hydroxyl groups is 1. The summed E-state index contributed by atoms with van der Waals surface area (Å²) in [5, 5.41) is 17.6. The van der Waals surface area contributed by atoms with E-state index in [1.54, 1.807) is 10.9 Å². The molecule has 0 aliphatic carbocycles. The zero-order valence-electron chi connectivity index (χ0n) is 9.91. The first-order valence-electron chi connectivity index (χ1n) is 5.78. The molecule has 1 atom stereocenters. The molecule has 0 saturated carbocycles. The van der Waals surface area contributed by atoms with Crippen LogP contribution >= 0.6 is 0 Å². The Morgan fingerprint density at radius 2 is 2.22 bits per heavy atom. The summed E-state index contributed by atoms with van der Waals surface area (Å²) in [6.45, 7) is 2.14. The number of fused-ring (bicyclic) bond motifs is 1. The molecule has 1 aromatic heterocycles. The van der Waals surface area contributed by atoms with Gasteiger partial charge in [-0.15, -0.1) is 5.10 Å². The number of hydrogen-bond acceptors (Lipinski definition) is 5. The van der Waals surface area contributed by atoms with Crippen molar-refractivity contribution in [3.63, 3.8) is 0 Å². The summed E-state index contributed by atoms with van der Waals surface area (Å²) in [5.74, 6) is 1.42. The van der Waals surface area contributed by atoms with Crippen LogP contribution in [-0.2, 0) is 0 Å². The Morgan fingerprint density at radius 1 is 1.39 bits per heavy atom. The van der Waals surface area contributed by atoms with Crippen molar-refractivity contribution in [3.05, 3.63) is 30.1 Å². The summed E-state index contributed by atoms with van der Waals surface area (Å²) in [6, 6.07) is 5.53. The molecule has 0 saturated heterocycles. The molecular formula is C12H13N3O3. The first-order chi connectivity index (χ1) is 8.78. The Morgan fingerprint density at radius 3 is 3.06 bits per heavy atom. The average molecular weight is 247 g/mol. The third-order valence-corrected chi connectivity index (χ3v) is 2.86. The van der Waals surface area contributed by atoms with Gasteiger partial charge in [0, 0.05) is 6.07 Å². The number of aliphatic hydroxyl groups excluding tert-OH is 1. The van der Waals surface area contributed by atoms with Gasteiger partial charge in [-0.05, 0) is 18.6 Å². The number of nitrogens with zero attached hydrogens (tertiary/aromatic N) is 3. The van der Waals surface area contributed by atoms with Crippen LogP contribution in [-0.4, -0.2) is 26.9 Å². The Hall–Kier alpha value is -2.08. The molecule has 18 heavy (non-hydrogen) atoms. The molecule has 1 N–H and O–H groups in total. The molecule has 2 heterocycles. The van der Waals surface area contributed by atoms with Crippen LogP contribution in [0, 0.1) is 0 Å². The zero-order valence-corrected chi connectivity index (χ0v) is 9.91. The van der Waals surface area contributed by atoms with Gasteiger partial charge < -0.3 is 14.6 Å². The van der Waals surface area contributed by atoms with E-state index in [9.17, 15) is 5.11 Å².